The third-order valence-electron chi connectivity index (χ3n) is 3.43. The summed E-state index contributed by atoms with van der Waals surface area (Å²) in [6.07, 6.45) is 3.13. The second kappa shape index (κ2) is 5.84. The number of fused-ring (bicyclic) bond motifs is 1. The van der Waals surface area contributed by atoms with Gasteiger partial charge in [-0.05, 0) is 23.8 Å². The van der Waals surface area contributed by atoms with E-state index in [9.17, 15) is 19.2 Å². The first-order valence-electron chi connectivity index (χ1n) is 6.64. The van der Waals surface area contributed by atoms with Crippen LogP contribution in [0.25, 0.3) is 10.9 Å². The summed E-state index contributed by atoms with van der Waals surface area (Å²) in [6.45, 7) is 0.451. The van der Waals surface area contributed by atoms with Crippen molar-refractivity contribution in [1.82, 2.24) is 15.0 Å². The maximum atomic E-state index is 12.9. The summed E-state index contributed by atoms with van der Waals surface area (Å²) in [6, 6.07) is 7.68. The second-order valence-electron chi connectivity index (χ2n) is 4.86. The van der Waals surface area contributed by atoms with Crippen molar-refractivity contribution in [2.45, 2.75) is 6.54 Å². The molecule has 0 aliphatic heterocycles. The second-order valence-corrected chi connectivity index (χ2v) is 4.86. The molecule has 0 spiro atoms. The fraction of sp³-hybridized carbons (Fsp3) is 0.0667. The number of rotatable bonds is 4. The van der Waals surface area contributed by atoms with Crippen molar-refractivity contribution in [1.29, 1.82) is 0 Å². The Morgan fingerprint density at radius 3 is 2.74 bits per heavy atom. The van der Waals surface area contributed by atoms with Crippen molar-refractivity contribution < 1.29 is 14.3 Å². The predicted octanol–water partition coefficient (Wildman–Crippen LogP) is 2.34. The van der Waals surface area contributed by atoms with Crippen LogP contribution < -0.4 is 5.43 Å². The number of hydrogen-bond acceptors (Lipinski definition) is 5. The van der Waals surface area contributed by atoms with E-state index >= 15 is 0 Å². The Hall–Kier alpha value is -3.29. The van der Waals surface area contributed by atoms with Gasteiger partial charge in [-0.1, -0.05) is 12.1 Å². The van der Waals surface area contributed by atoms with Crippen molar-refractivity contribution in [3.63, 3.8) is 0 Å². The summed E-state index contributed by atoms with van der Waals surface area (Å²) >= 11 is 0. The number of nitrogens with zero attached hydrogens (tertiary/aromatic N) is 3. The van der Waals surface area contributed by atoms with E-state index in [4.69, 9.17) is 0 Å². The number of carbonyl (C=O) groups excluding carboxylic acids is 1. The Kier molecular flexibility index (Phi) is 3.71. The van der Waals surface area contributed by atoms with Crippen LogP contribution in [0.15, 0.2) is 48.0 Å². The molecule has 0 aliphatic rings. The average molecular weight is 314 g/mol. The van der Waals surface area contributed by atoms with Gasteiger partial charge in [-0.25, -0.2) is 14.8 Å². The zero-order valence-corrected chi connectivity index (χ0v) is 11.7. The highest BCUT2D eigenvalue weighted by molar-refractivity contribution is 6.00. The zero-order valence-electron chi connectivity index (χ0n) is 11.7. The molecule has 116 valence electrons. The molecule has 3 aromatic rings. The molecule has 0 radical (unpaired) electrons. The highest BCUT2D eigenvalue weighted by Crippen LogP contribution is 2.28. The first-order valence-corrected chi connectivity index (χ1v) is 6.64. The number of amides is 1. The van der Waals surface area contributed by atoms with Crippen molar-refractivity contribution in [2.75, 3.05) is 0 Å². The molecule has 0 bridgehead atoms. The van der Waals surface area contributed by atoms with Crippen LogP contribution in [0.3, 0.4) is 0 Å². The average Bonchev–Trinajstić information content (AvgIpc) is 2.94. The van der Waals surface area contributed by atoms with Crippen LogP contribution in [-0.4, -0.2) is 20.6 Å². The van der Waals surface area contributed by atoms with Crippen molar-refractivity contribution in [3.8, 4) is 5.75 Å². The minimum Gasteiger partial charge on any atom is -0.505 e. The molecule has 0 saturated heterocycles. The van der Waals surface area contributed by atoms with Crippen LogP contribution in [0.4, 0.5) is 4.39 Å². The quantitative estimate of drug-likeness (QED) is 0.570. The van der Waals surface area contributed by atoms with Gasteiger partial charge in [0.1, 0.15) is 5.82 Å². The monoisotopic (exact) mass is 314 g/mol. The molecule has 0 saturated carbocycles. The van der Waals surface area contributed by atoms with Crippen LogP contribution in [-0.2, 0) is 6.54 Å². The van der Waals surface area contributed by atoms with Gasteiger partial charge in [0.25, 0.3) is 5.91 Å². The van der Waals surface area contributed by atoms with Crippen LogP contribution in [0.5, 0.6) is 5.75 Å². The molecule has 23 heavy (non-hydrogen) atoms. The number of nitroso groups, excluding NO2 is 1. The molecule has 2 heterocycles. The SMILES string of the molecule is O=NNC(=O)c1ncc2c(ccn2Cc2ccc(F)cc2)c1O. The largest absolute Gasteiger partial charge is 0.505 e. The number of aromatic hydroxyl groups is 1. The summed E-state index contributed by atoms with van der Waals surface area (Å²) in [4.78, 5) is 25.5. The van der Waals surface area contributed by atoms with Crippen LogP contribution in [0.1, 0.15) is 16.1 Å². The highest BCUT2D eigenvalue weighted by atomic mass is 19.1. The number of carbonyl (C=O) groups is 1. The van der Waals surface area contributed by atoms with Gasteiger partial charge in [0.15, 0.2) is 11.4 Å². The summed E-state index contributed by atoms with van der Waals surface area (Å²) in [5, 5.41) is 12.8. The van der Waals surface area contributed by atoms with Crippen LogP contribution in [0, 0.1) is 10.7 Å². The Bertz CT molecular complexity index is 890. The number of aromatic nitrogens is 2. The summed E-state index contributed by atoms with van der Waals surface area (Å²) in [5.74, 6) is -1.53. The molecule has 0 fully saturated rings. The summed E-state index contributed by atoms with van der Waals surface area (Å²) < 4.78 is 14.7. The van der Waals surface area contributed by atoms with Gasteiger partial charge in [-0.15, -0.1) is 4.91 Å². The smallest absolute Gasteiger partial charge is 0.296 e. The van der Waals surface area contributed by atoms with Gasteiger partial charge < -0.3 is 9.67 Å². The maximum Gasteiger partial charge on any atom is 0.296 e. The normalized spacial score (nSPS) is 10.7. The van der Waals surface area contributed by atoms with Gasteiger partial charge in [0.05, 0.1) is 17.0 Å². The topological polar surface area (TPSA) is 96.6 Å². The molecular formula is C15H11FN4O3. The lowest BCUT2D eigenvalue weighted by atomic mass is 10.2. The molecule has 7 nitrogen and oxygen atoms in total. The minimum atomic E-state index is -0.884. The number of pyridine rings is 1. The molecule has 0 atom stereocenters. The van der Waals surface area contributed by atoms with E-state index in [0.717, 1.165) is 5.56 Å². The first-order chi connectivity index (χ1) is 11.1. The van der Waals surface area contributed by atoms with E-state index in [0.29, 0.717) is 17.4 Å². The summed E-state index contributed by atoms with van der Waals surface area (Å²) in [7, 11) is 0. The predicted molar refractivity (Wildman–Crippen MR) is 80.2 cm³/mol. The van der Waals surface area contributed by atoms with E-state index in [1.807, 2.05) is 0 Å². The van der Waals surface area contributed by atoms with Crippen molar-refractivity contribution >= 4 is 16.8 Å². The molecule has 1 aromatic carbocycles. The van der Waals surface area contributed by atoms with Gasteiger partial charge in [-0.2, -0.15) is 0 Å². The molecule has 2 N–H and O–H groups in total. The molecule has 3 rings (SSSR count). The van der Waals surface area contributed by atoms with Crippen molar-refractivity contribution in [2.24, 2.45) is 5.29 Å². The third kappa shape index (κ3) is 2.73. The van der Waals surface area contributed by atoms with E-state index < -0.39 is 5.91 Å². The van der Waals surface area contributed by atoms with Crippen LogP contribution in [0.2, 0.25) is 0 Å². The molecule has 0 aliphatic carbocycles. The molecule has 8 heteroatoms. The Morgan fingerprint density at radius 2 is 2.04 bits per heavy atom. The Balaban J connectivity index is 1.98. The highest BCUT2D eigenvalue weighted by Gasteiger charge is 2.17. The number of hydrogen-bond donors (Lipinski definition) is 2. The van der Waals surface area contributed by atoms with Gasteiger partial charge >= 0.3 is 0 Å². The number of nitrogens with one attached hydrogen (secondary N) is 1. The van der Waals surface area contributed by atoms with Gasteiger partial charge in [0, 0.05) is 18.1 Å². The zero-order chi connectivity index (χ0) is 16.4. The van der Waals surface area contributed by atoms with Crippen LogP contribution >= 0.6 is 0 Å². The fourth-order valence-electron chi connectivity index (χ4n) is 2.33. The van der Waals surface area contributed by atoms with Crippen molar-refractivity contribution in [3.05, 3.63) is 64.7 Å². The van der Waals surface area contributed by atoms with E-state index in [2.05, 4.69) is 10.3 Å². The standard InChI is InChI=1S/C15H11FN4O3/c16-10-3-1-9(2-4-10)8-20-6-5-11-12(20)7-17-13(14(11)21)15(22)18-19-23/h1-7,21H,8H2,(H,18,22,23). The van der Waals surface area contributed by atoms with Gasteiger partial charge in [-0.3, -0.25) is 4.79 Å². The first kappa shape index (κ1) is 14.6. The molecular weight excluding hydrogens is 303 g/mol. The van der Waals surface area contributed by atoms with Gasteiger partial charge in [0.2, 0.25) is 0 Å². The molecule has 0 unspecified atom stereocenters. The lowest BCUT2D eigenvalue weighted by molar-refractivity contribution is 0.0946. The lowest BCUT2D eigenvalue weighted by Crippen LogP contribution is -2.18. The number of halogens is 1. The third-order valence-corrected chi connectivity index (χ3v) is 3.43. The minimum absolute atomic E-state index is 0.281. The van der Waals surface area contributed by atoms with E-state index in [1.54, 1.807) is 34.4 Å². The number of benzene rings is 1. The Labute approximate surface area is 129 Å². The summed E-state index contributed by atoms with van der Waals surface area (Å²) in [5.41, 5.74) is 2.87. The Morgan fingerprint density at radius 1 is 1.30 bits per heavy atom. The van der Waals surface area contributed by atoms with E-state index in [1.165, 1.54) is 18.3 Å². The van der Waals surface area contributed by atoms with E-state index in [-0.39, 0.29) is 17.3 Å². The fourth-order valence-corrected chi connectivity index (χ4v) is 2.33. The lowest BCUT2D eigenvalue weighted by Gasteiger charge is -2.07. The molecule has 1 amide bonds. The molecule has 2 aromatic heterocycles. The maximum absolute atomic E-state index is 12.9.